The summed E-state index contributed by atoms with van der Waals surface area (Å²) >= 11 is 5.32. The van der Waals surface area contributed by atoms with E-state index >= 15 is 0 Å². The van der Waals surface area contributed by atoms with Gasteiger partial charge in [-0.2, -0.15) is 5.10 Å². The zero-order valence-electron chi connectivity index (χ0n) is 12.9. The number of hydrogen-bond donors (Lipinski definition) is 2. The molecule has 0 aliphatic heterocycles. The number of hydrogen-bond acceptors (Lipinski definition) is 2. The van der Waals surface area contributed by atoms with Crippen LogP contribution in [0.4, 0.5) is 5.69 Å². The minimum atomic E-state index is 0.616. The smallest absolute Gasteiger partial charge is 0.171 e. The van der Waals surface area contributed by atoms with Crippen LogP contribution in [-0.4, -0.2) is 14.9 Å². The largest absolute Gasteiger partial charge is 0.358 e. The summed E-state index contributed by atoms with van der Waals surface area (Å²) in [4.78, 5) is 0. The van der Waals surface area contributed by atoms with Gasteiger partial charge in [-0.3, -0.25) is 0 Å². The molecule has 0 aliphatic carbocycles. The first kappa shape index (κ1) is 15.2. The van der Waals surface area contributed by atoms with Crippen molar-refractivity contribution >= 4 is 23.0 Å². The van der Waals surface area contributed by atoms with Crippen molar-refractivity contribution in [1.29, 1.82) is 0 Å². The number of nitrogens with zero attached hydrogens (tertiary/aromatic N) is 2. The van der Waals surface area contributed by atoms with Gasteiger partial charge >= 0.3 is 0 Å². The molecule has 0 unspecified atom stereocenters. The fourth-order valence-electron chi connectivity index (χ4n) is 2.18. The molecule has 4 nitrogen and oxygen atoms in total. The Morgan fingerprint density at radius 2 is 1.83 bits per heavy atom. The van der Waals surface area contributed by atoms with Crippen LogP contribution in [0.5, 0.6) is 0 Å². The average Bonchev–Trinajstić information content (AvgIpc) is 3.10. The molecule has 0 radical (unpaired) electrons. The second kappa shape index (κ2) is 7.07. The van der Waals surface area contributed by atoms with E-state index in [1.165, 1.54) is 5.56 Å². The molecule has 0 bridgehead atoms. The van der Waals surface area contributed by atoms with E-state index in [1.807, 2.05) is 41.2 Å². The maximum atomic E-state index is 5.32. The van der Waals surface area contributed by atoms with Gasteiger partial charge in [-0.25, -0.2) is 4.68 Å². The van der Waals surface area contributed by atoms with Crippen molar-refractivity contribution in [2.45, 2.75) is 13.5 Å². The third-order valence-corrected chi connectivity index (χ3v) is 3.71. The Bertz CT molecular complexity index is 762. The summed E-state index contributed by atoms with van der Waals surface area (Å²) in [6.45, 7) is 2.74. The summed E-state index contributed by atoms with van der Waals surface area (Å²) in [5.41, 5.74) is 4.42. The van der Waals surface area contributed by atoms with Crippen LogP contribution >= 0.6 is 12.2 Å². The third-order valence-electron chi connectivity index (χ3n) is 3.47. The van der Waals surface area contributed by atoms with E-state index in [0.29, 0.717) is 11.7 Å². The molecule has 116 valence electrons. The number of benzene rings is 2. The zero-order valence-corrected chi connectivity index (χ0v) is 13.7. The van der Waals surface area contributed by atoms with Crippen molar-refractivity contribution in [1.82, 2.24) is 15.1 Å². The number of thiocarbonyl (C=S) groups is 1. The van der Waals surface area contributed by atoms with Gasteiger partial charge in [0.25, 0.3) is 0 Å². The third kappa shape index (κ3) is 4.17. The lowest BCUT2D eigenvalue weighted by molar-refractivity contribution is 0.874. The van der Waals surface area contributed by atoms with E-state index in [1.54, 1.807) is 6.20 Å². The topological polar surface area (TPSA) is 41.9 Å². The molecule has 5 heteroatoms. The first-order valence-corrected chi connectivity index (χ1v) is 7.82. The van der Waals surface area contributed by atoms with Crippen LogP contribution in [0.25, 0.3) is 5.69 Å². The highest BCUT2D eigenvalue weighted by molar-refractivity contribution is 7.80. The van der Waals surface area contributed by atoms with Gasteiger partial charge in [0.1, 0.15) is 0 Å². The quantitative estimate of drug-likeness (QED) is 0.719. The maximum Gasteiger partial charge on any atom is 0.171 e. The first-order chi connectivity index (χ1) is 11.2. The van der Waals surface area contributed by atoms with Crippen LogP contribution < -0.4 is 10.6 Å². The molecule has 2 N–H and O–H groups in total. The maximum absolute atomic E-state index is 5.32. The summed E-state index contributed by atoms with van der Waals surface area (Å²) in [5, 5.41) is 11.2. The molecule has 0 aliphatic rings. The van der Waals surface area contributed by atoms with E-state index < -0.39 is 0 Å². The van der Waals surface area contributed by atoms with Crippen LogP contribution in [0.1, 0.15) is 11.1 Å². The second-order valence-corrected chi connectivity index (χ2v) is 5.70. The Hall–Kier alpha value is -2.66. The van der Waals surface area contributed by atoms with Gasteiger partial charge in [0.05, 0.1) is 5.69 Å². The van der Waals surface area contributed by atoms with E-state index in [9.17, 15) is 0 Å². The Morgan fingerprint density at radius 3 is 2.48 bits per heavy atom. The Morgan fingerprint density at radius 1 is 1.09 bits per heavy atom. The van der Waals surface area contributed by atoms with Crippen molar-refractivity contribution < 1.29 is 0 Å². The van der Waals surface area contributed by atoms with Gasteiger partial charge in [0.2, 0.25) is 0 Å². The van der Waals surface area contributed by atoms with E-state index in [4.69, 9.17) is 12.2 Å². The molecule has 23 heavy (non-hydrogen) atoms. The van der Waals surface area contributed by atoms with E-state index in [2.05, 4.69) is 46.9 Å². The van der Waals surface area contributed by atoms with Crippen molar-refractivity contribution in [3.8, 4) is 5.69 Å². The predicted octanol–water partition coefficient (Wildman–Crippen LogP) is 3.67. The molecule has 0 saturated carbocycles. The SMILES string of the molecule is Cc1ccc(NC(=S)NCc2ccc(-n3cccn3)cc2)cc1. The van der Waals surface area contributed by atoms with Crippen LogP contribution in [0.2, 0.25) is 0 Å². The highest BCUT2D eigenvalue weighted by atomic mass is 32.1. The van der Waals surface area contributed by atoms with E-state index in [0.717, 1.165) is 16.9 Å². The summed E-state index contributed by atoms with van der Waals surface area (Å²) in [7, 11) is 0. The van der Waals surface area contributed by atoms with Gasteiger partial charge in [0.15, 0.2) is 5.11 Å². The Balaban J connectivity index is 1.53. The van der Waals surface area contributed by atoms with E-state index in [-0.39, 0.29) is 0 Å². The molecular weight excluding hydrogens is 304 g/mol. The van der Waals surface area contributed by atoms with Crippen molar-refractivity contribution in [3.05, 3.63) is 78.1 Å². The van der Waals surface area contributed by atoms with Gasteiger partial charge < -0.3 is 10.6 Å². The minimum Gasteiger partial charge on any atom is -0.358 e. The van der Waals surface area contributed by atoms with Gasteiger partial charge in [0, 0.05) is 24.6 Å². The highest BCUT2D eigenvalue weighted by Gasteiger charge is 2.00. The Labute approximate surface area is 141 Å². The highest BCUT2D eigenvalue weighted by Crippen LogP contribution is 2.10. The van der Waals surface area contributed by atoms with Crippen LogP contribution in [0, 0.1) is 6.92 Å². The van der Waals surface area contributed by atoms with Crippen molar-refractivity contribution in [2.75, 3.05) is 5.32 Å². The lowest BCUT2D eigenvalue weighted by Gasteiger charge is -2.11. The first-order valence-electron chi connectivity index (χ1n) is 7.41. The van der Waals surface area contributed by atoms with Crippen LogP contribution in [0.3, 0.4) is 0 Å². The molecule has 3 aromatic rings. The normalized spacial score (nSPS) is 10.3. The fourth-order valence-corrected chi connectivity index (χ4v) is 2.37. The molecule has 1 heterocycles. The average molecular weight is 322 g/mol. The van der Waals surface area contributed by atoms with Gasteiger partial charge in [-0.15, -0.1) is 0 Å². The summed E-state index contributed by atoms with van der Waals surface area (Å²) < 4.78 is 1.83. The predicted molar refractivity (Wildman–Crippen MR) is 97.8 cm³/mol. The summed E-state index contributed by atoms with van der Waals surface area (Å²) in [6.07, 6.45) is 3.69. The monoisotopic (exact) mass is 322 g/mol. The molecule has 2 aromatic carbocycles. The number of anilines is 1. The van der Waals surface area contributed by atoms with Gasteiger partial charge in [-0.1, -0.05) is 29.8 Å². The molecular formula is C18H18N4S. The molecule has 0 fully saturated rings. The fraction of sp³-hybridized carbons (Fsp3) is 0.111. The van der Waals surface area contributed by atoms with Crippen molar-refractivity contribution in [2.24, 2.45) is 0 Å². The second-order valence-electron chi connectivity index (χ2n) is 5.29. The molecule has 0 amide bonds. The molecule has 0 atom stereocenters. The minimum absolute atomic E-state index is 0.616. The number of nitrogens with one attached hydrogen (secondary N) is 2. The molecule has 3 rings (SSSR count). The standard InChI is InChI=1S/C18H18N4S/c1-14-3-7-16(8-4-14)21-18(23)19-13-15-5-9-17(10-6-15)22-12-2-11-20-22/h2-12H,13H2,1H3,(H2,19,21,23). The lowest BCUT2D eigenvalue weighted by atomic mass is 10.2. The van der Waals surface area contributed by atoms with Gasteiger partial charge in [-0.05, 0) is 55.0 Å². The van der Waals surface area contributed by atoms with Crippen LogP contribution in [-0.2, 0) is 6.54 Å². The number of aryl methyl sites for hydroxylation is 1. The van der Waals surface area contributed by atoms with Crippen molar-refractivity contribution in [3.63, 3.8) is 0 Å². The molecule has 0 saturated heterocycles. The molecule has 0 spiro atoms. The van der Waals surface area contributed by atoms with Crippen LogP contribution in [0.15, 0.2) is 67.0 Å². The molecule has 1 aromatic heterocycles. The Kier molecular flexibility index (Phi) is 4.68. The number of aromatic nitrogens is 2. The number of rotatable bonds is 4. The zero-order chi connectivity index (χ0) is 16.1. The lowest BCUT2D eigenvalue weighted by Crippen LogP contribution is -2.27. The summed E-state index contributed by atoms with van der Waals surface area (Å²) in [5.74, 6) is 0. The summed E-state index contributed by atoms with van der Waals surface area (Å²) in [6, 6.07) is 18.3.